The minimum Gasteiger partial charge on any atom is -0.333 e. The molecule has 0 aromatic carbocycles. The summed E-state index contributed by atoms with van der Waals surface area (Å²) in [5, 5.41) is 0. The molecular formula is C12H21N3S. The summed E-state index contributed by atoms with van der Waals surface area (Å²) in [7, 11) is 0. The Morgan fingerprint density at radius 3 is 3.12 bits per heavy atom. The van der Waals surface area contributed by atoms with Gasteiger partial charge in [0, 0.05) is 32.0 Å². The van der Waals surface area contributed by atoms with Crippen LogP contribution >= 0.6 is 12.6 Å². The highest BCUT2D eigenvalue weighted by Gasteiger charge is 2.18. The van der Waals surface area contributed by atoms with Crippen molar-refractivity contribution >= 4 is 12.6 Å². The molecule has 1 aliphatic heterocycles. The van der Waals surface area contributed by atoms with Gasteiger partial charge in [0.2, 0.25) is 0 Å². The molecule has 2 heterocycles. The smallest absolute Gasteiger partial charge is 0.122 e. The summed E-state index contributed by atoms with van der Waals surface area (Å²) in [6.45, 7) is 6.66. The molecule has 16 heavy (non-hydrogen) atoms. The lowest BCUT2D eigenvalue weighted by atomic mass is 10.1. The van der Waals surface area contributed by atoms with Crippen molar-refractivity contribution in [2.45, 2.75) is 32.9 Å². The van der Waals surface area contributed by atoms with E-state index >= 15 is 0 Å². The van der Waals surface area contributed by atoms with E-state index in [2.05, 4.69) is 40.2 Å². The number of rotatable bonds is 5. The van der Waals surface area contributed by atoms with Crippen LogP contribution in [0.25, 0.3) is 0 Å². The number of hydrogen-bond acceptors (Lipinski definition) is 3. The summed E-state index contributed by atoms with van der Waals surface area (Å²) in [6.07, 6.45) is 6.53. The van der Waals surface area contributed by atoms with Crippen LogP contribution in [0.2, 0.25) is 0 Å². The van der Waals surface area contributed by atoms with Gasteiger partial charge in [0.1, 0.15) is 5.82 Å². The van der Waals surface area contributed by atoms with Gasteiger partial charge in [-0.1, -0.05) is 13.3 Å². The lowest BCUT2D eigenvalue weighted by Gasteiger charge is -2.30. The summed E-state index contributed by atoms with van der Waals surface area (Å²) in [6, 6.07) is 0. The number of aromatic nitrogens is 2. The third-order valence-electron chi connectivity index (χ3n) is 3.30. The molecule has 0 aliphatic carbocycles. The number of hydrogen-bond donors (Lipinski definition) is 1. The maximum absolute atomic E-state index is 4.44. The number of fused-ring (bicyclic) bond motifs is 1. The van der Waals surface area contributed by atoms with Crippen molar-refractivity contribution in [3.8, 4) is 0 Å². The second-order valence-electron chi connectivity index (χ2n) is 4.61. The van der Waals surface area contributed by atoms with Gasteiger partial charge < -0.3 is 4.57 Å². The predicted octanol–water partition coefficient (Wildman–Crippen LogP) is 2.04. The van der Waals surface area contributed by atoms with E-state index in [-0.39, 0.29) is 0 Å². The van der Waals surface area contributed by atoms with E-state index in [1.807, 2.05) is 6.20 Å². The molecule has 3 nitrogen and oxygen atoms in total. The first-order valence-corrected chi connectivity index (χ1v) is 6.80. The Morgan fingerprint density at radius 2 is 2.38 bits per heavy atom. The molecule has 0 N–H and O–H groups in total. The van der Waals surface area contributed by atoms with Crippen LogP contribution in [0, 0.1) is 5.92 Å². The van der Waals surface area contributed by atoms with Gasteiger partial charge >= 0.3 is 0 Å². The topological polar surface area (TPSA) is 21.1 Å². The Bertz CT molecular complexity index is 324. The van der Waals surface area contributed by atoms with Crippen LogP contribution in [0.1, 0.15) is 25.6 Å². The van der Waals surface area contributed by atoms with E-state index in [0.717, 1.165) is 31.3 Å². The highest BCUT2D eigenvalue weighted by Crippen LogP contribution is 2.15. The van der Waals surface area contributed by atoms with Crippen LogP contribution in [0.3, 0.4) is 0 Å². The molecular weight excluding hydrogens is 218 g/mol. The van der Waals surface area contributed by atoms with Gasteiger partial charge in [-0.2, -0.15) is 12.6 Å². The van der Waals surface area contributed by atoms with Gasteiger partial charge in [-0.3, -0.25) is 4.90 Å². The molecule has 0 bridgehead atoms. The van der Waals surface area contributed by atoms with Gasteiger partial charge in [0.25, 0.3) is 0 Å². The van der Waals surface area contributed by atoms with E-state index in [1.54, 1.807) is 0 Å². The number of thiol groups is 1. The highest BCUT2D eigenvalue weighted by atomic mass is 32.1. The maximum atomic E-state index is 4.44. The molecule has 1 aromatic heterocycles. The molecule has 0 amide bonds. The number of nitrogens with zero attached hydrogens (tertiary/aromatic N) is 3. The first-order chi connectivity index (χ1) is 7.83. The standard InChI is InChI=1S/C12H21N3S/c1-2-3-11(10-16)8-14-6-7-15-5-4-13-12(15)9-14/h4-5,11,16H,2-3,6-10H2,1H3. The summed E-state index contributed by atoms with van der Waals surface area (Å²) in [4.78, 5) is 6.90. The molecule has 0 fully saturated rings. The van der Waals surface area contributed by atoms with E-state index in [9.17, 15) is 0 Å². The molecule has 2 rings (SSSR count). The molecule has 0 radical (unpaired) electrons. The zero-order valence-electron chi connectivity index (χ0n) is 9.97. The lowest BCUT2D eigenvalue weighted by molar-refractivity contribution is 0.187. The van der Waals surface area contributed by atoms with Gasteiger partial charge in [-0.05, 0) is 18.1 Å². The lowest BCUT2D eigenvalue weighted by Crippen LogP contribution is -2.37. The van der Waals surface area contributed by atoms with Gasteiger partial charge in [0.15, 0.2) is 0 Å². The SMILES string of the molecule is CCCC(CS)CN1CCn2ccnc2C1. The van der Waals surface area contributed by atoms with Crippen LogP contribution in [-0.4, -0.2) is 33.3 Å². The molecule has 0 saturated carbocycles. The normalized spacial score (nSPS) is 18.4. The molecule has 0 saturated heterocycles. The van der Waals surface area contributed by atoms with Gasteiger partial charge in [-0.25, -0.2) is 4.98 Å². The van der Waals surface area contributed by atoms with Crippen LogP contribution in [0.15, 0.2) is 12.4 Å². The van der Waals surface area contributed by atoms with Gasteiger partial charge in [0.05, 0.1) is 6.54 Å². The van der Waals surface area contributed by atoms with Crippen molar-refractivity contribution in [3.05, 3.63) is 18.2 Å². The van der Waals surface area contributed by atoms with Crippen molar-refractivity contribution in [2.24, 2.45) is 5.92 Å². The Hall–Kier alpha value is -0.480. The predicted molar refractivity (Wildman–Crippen MR) is 69.8 cm³/mol. The minimum atomic E-state index is 0.731. The quantitative estimate of drug-likeness (QED) is 0.794. The summed E-state index contributed by atoms with van der Waals surface area (Å²) >= 11 is 4.44. The summed E-state index contributed by atoms with van der Waals surface area (Å²) < 4.78 is 2.26. The molecule has 1 aromatic rings. The molecule has 90 valence electrons. The monoisotopic (exact) mass is 239 g/mol. The van der Waals surface area contributed by atoms with E-state index in [4.69, 9.17) is 0 Å². The van der Waals surface area contributed by atoms with Crippen molar-refractivity contribution < 1.29 is 0 Å². The zero-order chi connectivity index (χ0) is 11.4. The van der Waals surface area contributed by atoms with E-state index < -0.39 is 0 Å². The highest BCUT2D eigenvalue weighted by molar-refractivity contribution is 7.80. The van der Waals surface area contributed by atoms with Crippen molar-refractivity contribution in [3.63, 3.8) is 0 Å². The summed E-state index contributed by atoms with van der Waals surface area (Å²) in [5.41, 5.74) is 0. The Labute approximate surface area is 103 Å². The fraction of sp³-hybridized carbons (Fsp3) is 0.750. The molecule has 0 spiro atoms. The number of imidazole rings is 1. The Morgan fingerprint density at radius 1 is 1.50 bits per heavy atom. The van der Waals surface area contributed by atoms with Crippen molar-refractivity contribution in [2.75, 3.05) is 18.8 Å². The molecule has 1 aliphatic rings. The second-order valence-corrected chi connectivity index (χ2v) is 4.97. The van der Waals surface area contributed by atoms with Crippen molar-refractivity contribution in [1.82, 2.24) is 14.5 Å². The minimum absolute atomic E-state index is 0.731. The fourth-order valence-corrected chi connectivity index (χ4v) is 2.69. The fourth-order valence-electron chi connectivity index (χ4n) is 2.39. The first-order valence-electron chi connectivity index (χ1n) is 6.16. The van der Waals surface area contributed by atoms with Crippen LogP contribution in [-0.2, 0) is 13.1 Å². The van der Waals surface area contributed by atoms with E-state index in [0.29, 0.717) is 0 Å². The second kappa shape index (κ2) is 5.73. The average Bonchev–Trinajstić information content (AvgIpc) is 2.75. The third-order valence-corrected chi connectivity index (χ3v) is 3.81. The first kappa shape index (κ1) is 12.0. The molecule has 1 atom stereocenters. The molecule has 4 heteroatoms. The van der Waals surface area contributed by atoms with Crippen LogP contribution < -0.4 is 0 Å². The Kier molecular flexibility index (Phi) is 4.29. The van der Waals surface area contributed by atoms with Crippen LogP contribution in [0.5, 0.6) is 0 Å². The maximum Gasteiger partial charge on any atom is 0.122 e. The van der Waals surface area contributed by atoms with Crippen LogP contribution in [0.4, 0.5) is 0 Å². The zero-order valence-corrected chi connectivity index (χ0v) is 10.9. The Balaban J connectivity index is 1.88. The van der Waals surface area contributed by atoms with Crippen molar-refractivity contribution in [1.29, 1.82) is 0 Å². The van der Waals surface area contributed by atoms with E-state index in [1.165, 1.54) is 25.2 Å². The summed E-state index contributed by atoms with van der Waals surface area (Å²) in [5.74, 6) is 2.94. The third kappa shape index (κ3) is 2.80. The van der Waals surface area contributed by atoms with Gasteiger partial charge in [-0.15, -0.1) is 0 Å². The average molecular weight is 239 g/mol. The largest absolute Gasteiger partial charge is 0.333 e. The molecule has 1 unspecified atom stereocenters.